The SMILES string of the molecule is CN=C(NCC(=O)NCCOC)N1CCC(CSc2ccccc2)C1.I. The molecule has 1 aromatic carbocycles. The first kappa shape index (κ1) is 23.0. The molecule has 8 heteroatoms. The van der Waals surface area contributed by atoms with Crippen LogP contribution in [0.4, 0.5) is 0 Å². The van der Waals surface area contributed by atoms with Crippen LogP contribution in [0.5, 0.6) is 0 Å². The van der Waals surface area contributed by atoms with Gasteiger partial charge in [-0.15, -0.1) is 35.7 Å². The third-order valence-electron chi connectivity index (χ3n) is 4.06. The molecule has 1 aromatic rings. The van der Waals surface area contributed by atoms with Crippen molar-refractivity contribution in [1.82, 2.24) is 15.5 Å². The Balaban J connectivity index is 0.00000338. The van der Waals surface area contributed by atoms with Gasteiger partial charge >= 0.3 is 0 Å². The van der Waals surface area contributed by atoms with Gasteiger partial charge in [0.2, 0.25) is 5.91 Å². The van der Waals surface area contributed by atoms with Crippen LogP contribution >= 0.6 is 35.7 Å². The number of nitrogens with zero attached hydrogens (tertiary/aromatic N) is 2. The average molecular weight is 492 g/mol. The number of halogens is 1. The van der Waals surface area contributed by atoms with Crippen LogP contribution in [-0.2, 0) is 9.53 Å². The number of aliphatic imine (C=N–C) groups is 1. The van der Waals surface area contributed by atoms with Crippen LogP contribution in [0.3, 0.4) is 0 Å². The highest BCUT2D eigenvalue weighted by atomic mass is 127. The molecule has 0 aromatic heterocycles. The Bertz CT molecular complexity index is 559. The topological polar surface area (TPSA) is 66.0 Å². The maximum absolute atomic E-state index is 11.8. The summed E-state index contributed by atoms with van der Waals surface area (Å²) in [7, 11) is 3.38. The van der Waals surface area contributed by atoms with Crippen LogP contribution in [0.25, 0.3) is 0 Å². The fourth-order valence-corrected chi connectivity index (χ4v) is 3.79. The molecule has 0 saturated carbocycles. The fourth-order valence-electron chi connectivity index (χ4n) is 2.74. The predicted molar refractivity (Wildman–Crippen MR) is 119 cm³/mol. The third kappa shape index (κ3) is 8.13. The molecule has 6 nitrogen and oxygen atoms in total. The molecule has 1 aliphatic heterocycles. The maximum atomic E-state index is 11.8. The first-order valence-electron chi connectivity index (χ1n) is 8.62. The molecule has 1 heterocycles. The lowest BCUT2D eigenvalue weighted by molar-refractivity contribution is -0.120. The quantitative estimate of drug-likeness (QED) is 0.191. The highest BCUT2D eigenvalue weighted by molar-refractivity contribution is 14.0. The summed E-state index contributed by atoms with van der Waals surface area (Å²) < 4.78 is 4.92. The zero-order valence-corrected chi connectivity index (χ0v) is 18.6. The molecular weight excluding hydrogens is 463 g/mol. The van der Waals surface area contributed by atoms with Gasteiger partial charge in [0.25, 0.3) is 0 Å². The van der Waals surface area contributed by atoms with Crippen molar-refractivity contribution in [2.24, 2.45) is 10.9 Å². The molecule has 0 radical (unpaired) electrons. The second-order valence-electron chi connectivity index (χ2n) is 5.97. The van der Waals surface area contributed by atoms with Gasteiger partial charge in [-0.3, -0.25) is 9.79 Å². The van der Waals surface area contributed by atoms with Crippen molar-refractivity contribution >= 4 is 47.6 Å². The van der Waals surface area contributed by atoms with Gasteiger partial charge in [-0.25, -0.2) is 0 Å². The van der Waals surface area contributed by atoms with E-state index in [1.54, 1.807) is 14.2 Å². The van der Waals surface area contributed by atoms with Crippen LogP contribution in [0.2, 0.25) is 0 Å². The fraction of sp³-hybridized carbons (Fsp3) is 0.556. The molecule has 1 atom stereocenters. The van der Waals surface area contributed by atoms with Gasteiger partial charge in [-0.05, 0) is 24.5 Å². The number of guanidine groups is 1. The second-order valence-corrected chi connectivity index (χ2v) is 7.06. The highest BCUT2D eigenvalue weighted by Crippen LogP contribution is 2.25. The number of ether oxygens (including phenoxy) is 1. The maximum Gasteiger partial charge on any atom is 0.239 e. The molecular formula is C18H29IN4O2S. The molecule has 0 aliphatic carbocycles. The molecule has 146 valence electrons. The van der Waals surface area contributed by atoms with E-state index in [1.807, 2.05) is 17.8 Å². The summed E-state index contributed by atoms with van der Waals surface area (Å²) in [6.07, 6.45) is 1.15. The Kier molecular flexibility index (Phi) is 11.7. The van der Waals surface area contributed by atoms with Gasteiger partial charge in [0.1, 0.15) is 0 Å². The molecule has 2 N–H and O–H groups in total. The first-order chi connectivity index (χ1) is 12.2. The van der Waals surface area contributed by atoms with E-state index in [2.05, 4.69) is 44.8 Å². The minimum Gasteiger partial charge on any atom is -0.383 e. The third-order valence-corrected chi connectivity index (χ3v) is 5.31. The minimum absolute atomic E-state index is 0. The van der Waals surface area contributed by atoms with E-state index in [1.165, 1.54) is 4.90 Å². The lowest BCUT2D eigenvalue weighted by atomic mass is 10.2. The summed E-state index contributed by atoms with van der Waals surface area (Å²) in [4.78, 5) is 19.6. The van der Waals surface area contributed by atoms with Gasteiger partial charge in [0.15, 0.2) is 5.96 Å². The van der Waals surface area contributed by atoms with Gasteiger partial charge in [0.05, 0.1) is 13.2 Å². The first-order valence-corrected chi connectivity index (χ1v) is 9.60. The van der Waals surface area contributed by atoms with Crippen molar-refractivity contribution in [3.8, 4) is 0 Å². The van der Waals surface area contributed by atoms with E-state index >= 15 is 0 Å². The van der Waals surface area contributed by atoms with Crippen LogP contribution in [0.15, 0.2) is 40.2 Å². The van der Waals surface area contributed by atoms with Gasteiger partial charge in [-0.2, -0.15) is 0 Å². The molecule has 2 rings (SSSR count). The summed E-state index contributed by atoms with van der Waals surface area (Å²) in [5, 5.41) is 5.95. The molecule has 1 saturated heterocycles. The Morgan fingerprint density at radius 1 is 1.35 bits per heavy atom. The molecule has 0 spiro atoms. The van der Waals surface area contributed by atoms with Gasteiger partial charge < -0.3 is 20.3 Å². The van der Waals surface area contributed by atoms with E-state index in [0.29, 0.717) is 19.1 Å². The Hall–Kier alpha value is -1.000. The summed E-state index contributed by atoms with van der Waals surface area (Å²) in [5.74, 6) is 2.50. The largest absolute Gasteiger partial charge is 0.383 e. The number of carbonyl (C=O) groups excluding carboxylic acids is 1. The molecule has 1 aliphatic rings. The van der Waals surface area contributed by atoms with Crippen LogP contribution < -0.4 is 10.6 Å². The summed E-state index contributed by atoms with van der Waals surface area (Å²) in [5.41, 5.74) is 0. The smallest absolute Gasteiger partial charge is 0.239 e. The number of hydrogen-bond donors (Lipinski definition) is 2. The van der Waals surface area contributed by atoms with Gasteiger partial charge in [-0.1, -0.05) is 18.2 Å². The monoisotopic (exact) mass is 492 g/mol. The number of amides is 1. The minimum atomic E-state index is -0.0476. The zero-order chi connectivity index (χ0) is 17.9. The van der Waals surface area contributed by atoms with Crippen LogP contribution in [0.1, 0.15) is 6.42 Å². The van der Waals surface area contributed by atoms with E-state index in [9.17, 15) is 4.79 Å². The average Bonchev–Trinajstić information content (AvgIpc) is 3.10. The summed E-state index contributed by atoms with van der Waals surface area (Å²) in [6.45, 7) is 3.23. The van der Waals surface area contributed by atoms with Crippen LogP contribution in [-0.4, -0.2) is 69.5 Å². The molecule has 1 fully saturated rings. The summed E-state index contributed by atoms with van der Waals surface area (Å²) in [6, 6.07) is 10.5. The number of hydrogen-bond acceptors (Lipinski definition) is 4. The lowest BCUT2D eigenvalue weighted by Crippen LogP contribution is -2.45. The molecule has 1 amide bonds. The lowest BCUT2D eigenvalue weighted by Gasteiger charge is -2.21. The van der Waals surface area contributed by atoms with Crippen LogP contribution in [0, 0.1) is 5.92 Å². The number of rotatable bonds is 8. The number of carbonyl (C=O) groups is 1. The highest BCUT2D eigenvalue weighted by Gasteiger charge is 2.25. The molecule has 1 unspecified atom stereocenters. The second kappa shape index (κ2) is 13.2. The van der Waals surface area contributed by atoms with Crippen molar-refractivity contribution in [1.29, 1.82) is 0 Å². The van der Waals surface area contributed by atoms with E-state index in [0.717, 1.165) is 31.2 Å². The Labute approximate surface area is 177 Å². The number of benzene rings is 1. The van der Waals surface area contributed by atoms with E-state index < -0.39 is 0 Å². The molecule has 0 bridgehead atoms. The number of thioether (sulfide) groups is 1. The summed E-state index contributed by atoms with van der Waals surface area (Å²) >= 11 is 1.91. The normalized spacial score (nSPS) is 16.9. The Morgan fingerprint density at radius 3 is 2.81 bits per heavy atom. The Morgan fingerprint density at radius 2 is 2.12 bits per heavy atom. The number of methoxy groups -OCH3 is 1. The van der Waals surface area contributed by atoms with Crippen molar-refractivity contribution in [3.05, 3.63) is 30.3 Å². The van der Waals surface area contributed by atoms with Gasteiger partial charge in [0, 0.05) is 44.4 Å². The van der Waals surface area contributed by atoms with Crippen molar-refractivity contribution in [2.75, 3.05) is 52.7 Å². The predicted octanol–water partition coefficient (Wildman–Crippen LogP) is 2.06. The number of nitrogens with one attached hydrogen (secondary N) is 2. The van der Waals surface area contributed by atoms with Crippen molar-refractivity contribution < 1.29 is 9.53 Å². The molecule has 26 heavy (non-hydrogen) atoms. The zero-order valence-electron chi connectivity index (χ0n) is 15.4. The number of likely N-dealkylation sites (tertiary alicyclic amines) is 1. The van der Waals surface area contributed by atoms with Crippen molar-refractivity contribution in [3.63, 3.8) is 0 Å². The van der Waals surface area contributed by atoms with E-state index in [-0.39, 0.29) is 36.4 Å². The van der Waals surface area contributed by atoms with Crippen molar-refractivity contribution in [2.45, 2.75) is 11.3 Å². The van der Waals surface area contributed by atoms with E-state index in [4.69, 9.17) is 4.74 Å². The standard InChI is InChI=1S/C18H28N4O2S.HI/c1-19-18(21-12-17(23)20-9-11-24-2)22-10-8-15(13-22)14-25-16-6-4-3-5-7-16;/h3-7,15H,8-14H2,1-2H3,(H,19,21)(H,20,23);1H.